The molecule has 0 atom stereocenters. The fourth-order valence-electron chi connectivity index (χ4n) is 1.47. The highest BCUT2D eigenvalue weighted by atomic mass is 16.3. The third kappa shape index (κ3) is 7.05. The van der Waals surface area contributed by atoms with E-state index in [1.807, 2.05) is 24.3 Å². The van der Waals surface area contributed by atoms with E-state index in [9.17, 15) is 5.11 Å². The van der Waals surface area contributed by atoms with Crippen LogP contribution in [0.5, 0.6) is 0 Å². The van der Waals surface area contributed by atoms with Crippen molar-refractivity contribution in [2.24, 2.45) is 0 Å². The highest BCUT2D eigenvalue weighted by molar-refractivity contribution is 5.47. The van der Waals surface area contributed by atoms with Crippen LogP contribution in [-0.2, 0) is 0 Å². The third-order valence-corrected chi connectivity index (χ3v) is 2.45. The van der Waals surface area contributed by atoms with Crippen molar-refractivity contribution in [1.29, 1.82) is 0 Å². The molecule has 0 bridgehead atoms. The molecule has 0 aliphatic heterocycles. The number of aliphatic hydroxyl groups is 1. The summed E-state index contributed by atoms with van der Waals surface area (Å²) in [5, 5.41) is 9.34. The van der Waals surface area contributed by atoms with Gasteiger partial charge >= 0.3 is 0 Å². The molecule has 0 amide bonds. The van der Waals surface area contributed by atoms with Gasteiger partial charge in [-0.1, -0.05) is 29.9 Å². The van der Waals surface area contributed by atoms with Crippen LogP contribution in [0.1, 0.15) is 25.0 Å². The summed E-state index contributed by atoms with van der Waals surface area (Å²) in [6.07, 6.45) is 5.11. The van der Waals surface area contributed by atoms with E-state index >= 15 is 0 Å². The Hall–Kier alpha value is -2.88. The first-order chi connectivity index (χ1) is 10.3. The number of terminal acetylenes is 1. The molecular weight excluding hydrogens is 272 g/mol. The summed E-state index contributed by atoms with van der Waals surface area (Å²) < 4.78 is 0. The van der Waals surface area contributed by atoms with Crippen LogP contribution in [0.25, 0.3) is 0 Å². The molecule has 112 valence electrons. The molecule has 0 unspecified atom stereocenters. The van der Waals surface area contributed by atoms with Crippen molar-refractivity contribution >= 4 is 11.4 Å². The fourth-order valence-corrected chi connectivity index (χ4v) is 1.47. The molecule has 0 aromatic heterocycles. The lowest BCUT2D eigenvalue weighted by molar-refractivity contribution is 0.143. The molecule has 0 radical (unpaired) electrons. The van der Waals surface area contributed by atoms with Gasteiger partial charge in [0.15, 0.2) is 0 Å². The second-order valence-electron chi connectivity index (χ2n) is 5.20. The van der Waals surface area contributed by atoms with Gasteiger partial charge in [-0.3, -0.25) is 0 Å². The molecule has 0 fully saturated rings. The molecule has 3 nitrogen and oxygen atoms in total. The predicted octanol–water partition coefficient (Wildman–Crippen LogP) is 2.64. The predicted molar refractivity (Wildman–Crippen MR) is 92.8 cm³/mol. The van der Waals surface area contributed by atoms with E-state index in [0.29, 0.717) is 11.4 Å². The van der Waals surface area contributed by atoms with Crippen LogP contribution in [0.3, 0.4) is 0 Å². The van der Waals surface area contributed by atoms with Crippen molar-refractivity contribution in [2.45, 2.75) is 19.4 Å². The molecule has 0 spiro atoms. The van der Waals surface area contributed by atoms with E-state index < -0.39 is 5.60 Å². The molecule has 5 N–H and O–H groups in total. The van der Waals surface area contributed by atoms with Crippen molar-refractivity contribution in [2.75, 3.05) is 11.5 Å². The third-order valence-electron chi connectivity index (χ3n) is 2.45. The molecule has 0 aliphatic carbocycles. The van der Waals surface area contributed by atoms with Gasteiger partial charge in [-0.05, 0) is 50.2 Å². The summed E-state index contributed by atoms with van der Waals surface area (Å²) in [5.74, 6) is 8.05. The number of rotatable bonds is 0. The standard InChI is InChI=1S/C11H13NO.C8H7N/c1-11(2,13)7-6-9-4-3-5-10(12)8-9;1-2-7-4-3-5-8(9)6-7/h3-5,8,13H,12H2,1-2H3;1,3-6H,9H2. The van der Waals surface area contributed by atoms with Gasteiger partial charge in [0.2, 0.25) is 0 Å². The number of nitrogens with two attached hydrogens (primary N) is 2. The summed E-state index contributed by atoms with van der Waals surface area (Å²) in [5.41, 5.74) is 13.1. The van der Waals surface area contributed by atoms with E-state index in [-0.39, 0.29) is 0 Å². The number of hydrogen-bond donors (Lipinski definition) is 3. The van der Waals surface area contributed by atoms with Crippen LogP contribution in [0.2, 0.25) is 0 Å². The van der Waals surface area contributed by atoms with Crippen LogP contribution >= 0.6 is 0 Å². The van der Waals surface area contributed by atoms with Gasteiger partial charge < -0.3 is 16.6 Å². The average Bonchev–Trinajstić information content (AvgIpc) is 2.45. The topological polar surface area (TPSA) is 72.3 Å². The van der Waals surface area contributed by atoms with E-state index in [1.165, 1.54) is 0 Å². The van der Waals surface area contributed by atoms with Crippen LogP contribution in [-0.4, -0.2) is 10.7 Å². The molecule has 0 heterocycles. The Morgan fingerprint density at radius 2 is 1.45 bits per heavy atom. The lowest BCUT2D eigenvalue weighted by Crippen LogP contribution is -2.14. The van der Waals surface area contributed by atoms with Crippen LogP contribution in [0.15, 0.2) is 48.5 Å². The molecule has 3 heteroatoms. The quantitative estimate of drug-likeness (QED) is 0.516. The minimum absolute atomic E-state index is 0.683. The van der Waals surface area contributed by atoms with Crippen molar-refractivity contribution in [3.8, 4) is 24.2 Å². The van der Waals surface area contributed by atoms with Crippen molar-refractivity contribution in [3.05, 3.63) is 59.7 Å². The lowest BCUT2D eigenvalue weighted by atomic mass is 10.1. The maximum absolute atomic E-state index is 9.34. The van der Waals surface area contributed by atoms with Crippen LogP contribution in [0.4, 0.5) is 11.4 Å². The van der Waals surface area contributed by atoms with Crippen molar-refractivity contribution in [1.82, 2.24) is 0 Å². The highest BCUT2D eigenvalue weighted by Crippen LogP contribution is 2.06. The lowest BCUT2D eigenvalue weighted by Gasteiger charge is -2.05. The zero-order valence-corrected chi connectivity index (χ0v) is 12.8. The first-order valence-corrected chi connectivity index (χ1v) is 6.73. The second kappa shape index (κ2) is 7.78. The highest BCUT2D eigenvalue weighted by Gasteiger charge is 2.05. The fraction of sp³-hybridized carbons (Fsp3) is 0.158. The van der Waals surface area contributed by atoms with Gasteiger partial charge in [0.1, 0.15) is 5.60 Å². The SMILES string of the molecule is C#Cc1cccc(N)c1.CC(C)(O)C#Cc1cccc(N)c1. The Morgan fingerprint density at radius 1 is 0.955 bits per heavy atom. The van der Waals surface area contributed by atoms with Gasteiger partial charge in [0, 0.05) is 22.5 Å². The summed E-state index contributed by atoms with van der Waals surface area (Å²) >= 11 is 0. The number of anilines is 2. The molecular formula is C19H20N2O. The summed E-state index contributed by atoms with van der Waals surface area (Å²) in [4.78, 5) is 0. The zero-order valence-electron chi connectivity index (χ0n) is 12.8. The van der Waals surface area contributed by atoms with Gasteiger partial charge in [-0.2, -0.15) is 0 Å². The normalized spacial score (nSPS) is 9.55. The van der Waals surface area contributed by atoms with Crippen molar-refractivity contribution < 1.29 is 5.11 Å². The van der Waals surface area contributed by atoms with E-state index in [1.54, 1.807) is 38.1 Å². The van der Waals surface area contributed by atoms with Gasteiger partial charge in [0.25, 0.3) is 0 Å². The van der Waals surface area contributed by atoms with Crippen LogP contribution < -0.4 is 11.5 Å². The second-order valence-corrected chi connectivity index (χ2v) is 5.20. The maximum Gasteiger partial charge on any atom is 0.120 e. The van der Waals surface area contributed by atoms with Gasteiger partial charge in [-0.15, -0.1) is 6.42 Å². The molecule has 2 aromatic rings. The smallest absolute Gasteiger partial charge is 0.120 e. The largest absolute Gasteiger partial charge is 0.399 e. The number of nitrogen functional groups attached to an aromatic ring is 2. The average molecular weight is 292 g/mol. The summed E-state index contributed by atoms with van der Waals surface area (Å²) in [6.45, 7) is 3.29. The van der Waals surface area contributed by atoms with E-state index in [2.05, 4.69) is 17.8 Å². The molecule has 22 heavy (non-hydrogen) atoms. The zero-order chi connectivity index (χ0) is 16.6. The molecule has 0 saturated heterocycles. The summed E-state index contributed by atoms with van der Waals surface area (Å²) in [6, 6.07) is 14.5. The first-order valence-electron chi connectivity index (χ1n) is 6.73. The Labute approximate surface area is 132 Å². The summed E-state index contributed by atoms with van der Waals surface area (Å²) in [7, 11) is 0. The van der Waals surface area contributed by atoms with Gasteiger partial charge in [-0.25, -0.2) is 0 Å². The minimum Gasteiger partial charge on any atom is -0.399 e. The monoisotopic (exact) mass is 292 g/mol. The number of benzene rings is 2. The number of hydrogen-bond acceptors (Lipinski definition) is 3. The molecule has 0 saturated carbocycles. The molecule has 0 aliphatic rings. The molecule has 2 rings (SSSR count). The van der Waals surface area contributed by atoms with Crippen molar-refractivity contribution in [3.63, 3.8) is 0 Å². The Balaban J connectivity index is 0.000000235. The first kappa shape index (κ1) is 17.2. The molecule has 2 aromatic carbocycles. The maximum atomic E-state index is 9.34. The minimum atomic E-state index is -0.954. The van der Waals surface area contributed by atoms with Crippen LogP contribution in [0, 0.1) is 24.2 Å². The Bertz CT molecular complexity index is 725. The Morgan fingerprint density at radius 3 is 1.86 bits per heavy atom. The van der Waals surface area contributed by atoms with E-state index in [0.717, 1.165) is 11.1 Å². The van der Waals surface area contributed by atoms with E-state index in [4.69, 9.17) is 17.9 Å². The van der Waals surface area contributed by atoms with Gasteiger partial charge in [0.05, 0.1) is 0 Å². The Kier molecular flexibility index (Phi) is 6.08.